The second-order valence-corrected chi connectivity index (χ2v) is 12.9. The Morgan fingerprint density at radius 2 is 1.54 bits per heavy atom. The van der Waals surface area contributed by atoms with Crippen molar-refractivity contribution in [2.75, 3.05) is 33.3 Å². The van der Waals surface area contributed by atoms with Crippen molar-refractivity contribution >= 4 is 46.8 Å². The van der Waals surface area contributed by atoms with Gasteiger partial charge in [-0.3, -0.25) is 19.5 Å². The molecular formula is C35H38Cl2N4O5. The SMILES string of the molecule is COc1ccc(C2=N[C@@H](c3ccc(Cl)cc3)[C@@H](c3ccc(Cl)cc3)N2C(=O)N2CCN(CC(=O)C(C)C)C(=O)C2)c(OC(C)C)c1. The van der Waals surface area contributed by atoms with Crippen molar-refractivity contribution in [3.05, 3.63) is 93.5 Å². The number of amides is 3. The first kappa shape index (κ1) is 33.3. The van der Waals surface area contributed by atoms with Gasteiger partial charge >= 0.3 is 6.03 Å². The molecule has 0 bridgehead atoms. The fourth-order valence-corrected chi connectivity index (χ4v) is 5.83. The molecule has 3 aromatic carbocycles. The number of methoxy groups -OCH3 is 1. The Bertz CT molecular complexity index is 1620. The maximum atomic E-state index is 14.7. The number of Topliss-reactive ketones (excluding diaryl/α,β-unsaturated/α-hetero) is 1. The summed E-state index contributed by atoms with van der Waals surface area (Å²) < 4.78 is 11.7. The highest BCUT2D eigenvalue weighted by atomic mass is 35.5. The van der Waals surface area contributed by atoms with Gasteiger partial charge in [0.2, 0.25) is 5.91 Å². The molecule has 2 aliphatic heterocycles. The number of ether oxygens (including phenoxy) is 2. The van der Waals surface area contributed by atoms with Crippen LogP contribution in [0.2, 0.25) is 10.0 Å². The van der Waals surface area contributed by atoms with Crippen LogP contribution in [0.5, 0.6) is 11.5 Å². The number of benzene rings is 3. The molecule has 1 fully saturated rings. The molecule has 0 saturated carbocycles. The van der Waals surface area contributed by atoms with Crippen LogP contribution in [0, 0.1) is 5.92 Å². The van der Waals surface area contributed by atoms with E-state index in [-0.39, 0.29) is 55.9 Å². The molecule has 3 aromatic rings. The number of carbonyl (C=O) groups is 3. The maximum absolute atomic E-state index is 14.7. The predicted octanol–water partition coefficient (Wildman–Crippen LogP) is 6.82. The number of amidine groups is 1. The fourth-order valence-electron chi connectivity index (χ4n) is 5.58. The average molecular weight is 666 g/mol. The molecule has 9 nitrogen and oxygen atoms in total. The van der Waals surface area contributed by atoms with Crippen LogP contribution >= 0.6 is 23.2 Å². The van der Waals surface area contributed by atoms with E-state index in [0.717, 1.165) is 11.1 Å². The Labute approximate surface area is 279 Å². The van der Waals surface area contributed by atoms with Gasteiger partial charge in [0.25, 0.3) is 0 Å². The molecule has 3 amide bonds. The number of urea groups is 1. The van der Waals surface area contributed by atoms with E-state index in [2.05, 4.69) is 0 Å². The Hall–Kier alpha value is -4.08. The van der Waals surface area contributed by atoms with Gasteiger partial charge in [-0.1, -0.05) is 61.3 Å². The van der Waals surface area contributed by atoms with Crippen molar-refractivity contribution in [2.45, 2.75) is 45.9 Å². The van der Waals surface area contributed by atoms with Crippen molar-refractivity contribution < 1.29 is 23.9 Å². The van der Waals surface area contributed by atoms with Crippen LogP contribution < -0.4 is 9.47 Å². The van der Waals surface area contributed by atoms with Gasteiger partial charge in [-0.2, -0.15) is 0 Å². The third-order valence-electron chi connectivity index (χ3n) is 8.07. The summed E-state index contributed by atoms with van der Waals surface area (Å²) in [6, 6.07) is 18.6. The molecule has 0 unspecified atom stereocenters. The summed E-state index contributed by atoms with van der Waals surface area (Å²) >= 11 is 12.5. The maximum Gasteiger partial charge on any atom is 0.326 e. The summed E-state index contributed by atoms with van der Waals surface area (Å²) in [7, 11) is 1.58. The summed E-state index contributed by atoms with van der Waals surface area (Å²) in [6.07, 6.45) is -0.171. The summed E-state index contributed by atoms with van der Waals surface area (Å²) in [5, 5.41) is 1.14. The van der Waals surface area contributed by atoms with E-state index in [1.54, 1.807) is 48.4 Å². The van der Waals surface area contributed by atoms with Crippen LogP contribution in [0.4, 0.5) is 4.79 Å². The lowest BCUT2D eigenvalue weighted by Crippen LogP contribution is -2.57. The van der Waals surface area contributed by atoms with Gasteiger partial charge in [-0.05, 0) is 61.4 Å². The number of rotatable bonds is 9. The highest BCUT2D eigenvalue weighted by Crippen LogP contribution is 2.46. The zero-order valence-electron chi connectivity index (χ0n) is 26.6. The molecule has 2 aliphatic rings. The number of aliphatic imine (C=N–C) groups is 1. The highest BCUT2D eigenvalue weighted by molar-refractivity contribution is 6.30. The standard InChI is InChI=1S/C35H38Cl2N4O5/c1-21(2)29(42)19-39-16-17-40(20-31(39)43)35(44)41-33(24-8-12-26(37)13-9-24)32(23-6-10-25(36)11-7-23)38-34(41)28-15-14-27(45-5)18-30(28)46-22(3)4/h6-15,18,21-22,32-33H,16-17,19-20H2,1-5H3/t32-,33+/m0/s1. The van der Waals surface area contributed by atoms with E-state index < -0.39 is 12.1 Å². The third kappa shape index (κ3) is 7.16. The first-order valence-electron chi connectivity index (χ1n) is 15.3. The number of halogens is 2. The van der Waals surface area contributed by atoms with E-state index in [1.165, 1.54) is 9.80 Å². The van der Waals surface area contributed by atoms with Crippen molar-refractivity contribution in [1.29, 1.82) is 0 Å². The van der Waals surface area contributed by atoms with Crippen LogP contribution in [0.1, 0.15) is 56.5 Å². The number of hydrogen-bond donors (Lipinski definition) is 0. The second-order valence-electron chi connectivity index (χ2n) is 12.0. The second kappa shape index (κ2) is 14.1. The number of carbonyl (C=O) groups excluding carboxylic acids is 3. The minimum atomic E-state index is -0.592. The third-order valence-corrected chi connectivity index (χ3v) is 8.57. The Morgan fingerprint density at radius 1 is 0.913 bits per heavy atom. The summed E-state index contributed by atoms with van der Waals surface area (Å²) in [6.45, 7) is 7.84. The molecule has 11 heteroatoms. The van der Waals surface area contributed by atoms with E-state index in [9.17, 15) is 14.4 Å². The summed E-state index contributed by atoms with van der Waals surface area (Å²) in [5.41, 5.74) is 2.26. The molecule has 2 atom stereocenters. The molecule has 46 heavy (non-hydrogen) atoms. The van der Waals surface area contributed by atoms with Crippen LogP contribution in [-0.2, 0) is 9.59 Å². The first-order valence-corrected chi connectivity index (χ1v) is 16.0. The van der Waals surface area contributed by atoms with Crippen molar-refractivity contribution in [3.8, 4) is 11.5 Å². The lowest BCUT2D eigenvalue weighted by atomic mass is 9.93. The monoisotopic (exact) mass is 664 g/mol. The van der Waals surface area contributed by atoms with Gasteiger partial charge < -0.3 is 19.3 Å². The van der Waals surface area contributed by atoms with Gasteiger partial charge in [0.1, 0.15) is 29.9 Å². The lowest BCUT2D eigenvalue weighted by molar-refractivity contribution is -0.139. The quantitative estimate of drug-likeness (QED) is 0.250. The van der Waals surface area contributed by atoms with Crippen molar-refractivity contribution in [1.82, 2.24) is 14.7 Å². The number of piperazine rings is 1. The molecule has 242 valence electrons. The van der Waals surface area contributed by atoms with E-state index in [0.29, 0.717) is 32.9 Å². The first-order chi connectivity index (χ1) is 22.0. The molecule has 2 heterocycles. The van der Waals surface area contributed by atoms with E-state index >= 15 is 0 Å². The largest absolute Gasteiger partial charge is 0.497 e. The van der Waals surface area contributed by atoms with Crippen molar-refractivity contribution in [3.63, 3.8) is 0 Å². The van der Waals surface area contributed by atoms with E-state index in [1.807, 2.05) is 58.0 Å². The average Bonchev–Trinajstić information content (AvgIpc) is 3.42. The Morgan fingerprint density at radius 3 is 2.11 bits per heavy atom. The predicted molar refractivity (Wildman–Crippen MR) is 179 cm³/mol. The Balaban J connectivity index is 1.62. The molecule has 0 aliphatic carbocycles. The van der Waals surface area contributed by atoms with Crippen LogP contribution in [0.15, 0.2) is 71.7 Å². The lowest BCUT2D eigenvalue weighted by Gasteiger charge is -2.38. The number of ketones is 1. The molecule has 0 spiro atoms. The zero-order valence-corrected chi connectivity index (χ0v) is 28.1. The fraction of sp³-hybridized carbons (Fsp3) is 0.371. The van der Waals surface area contributed by atoms with Gasteiger partial charge in [0.15, 0.2) is 5.78 Å². The zero-order chi connectivity index (χ0) is 33.1. The van der Waals surface area contributed by atoms with E-state index in [4.69, 9.17) is 37.7 Å². The van der Waals surface area contributed by atoms with Gasteiger partial charge in [-0.15, -0.1) is 0 Å². The topological polar surface area (TPSA) is 91.8 Å². The molecule has 5 rings (SSSR count). The van der Waals surface area contributed by atoms with Gasteiger partial charge in [0.05, 0.1) is 31.4 Å². The molecule has 0 aromatic heterocycles. The van der Waals surface area contributed by atoms with Gasteiger partial charge in [-0.25, -0.2) is 4.79 Å². The van der Waals surface area contributed by atoms with Crippen LogP contribution in [0.3, 0.4) is 0 Å². The Kier molecular flexibility index (Phi) is 10.2. The number of hydrogen-bond acceptors (Lipinski definition) is 6. The minimum absolute atomic E-state index is 0.0205. The number of nitrogens with zero attached hydrogens (tertiary/aromatic N) is 4. The van der Waals surface area contributed by atoms with Gasteiger partial charge in [0, 0.05) is 35.1 Å². The molecular weight excluding hydrogens is 627 g/mol. The summed E-state index contributed by atoms with van der Waals surface area (Å²) in [5.74, 6) is 1.01. The highest BCUT2D eigenvalue weighted by Gasteiger charge is 2.45. The smallest absolute Gasteiger partial charge is 0.326 e. The van der Waals surface area contributed by atoms with Crippen LogP contribution in [0.25, 0.3) is 0 Å². The molecule has 0 N–H and O–H groups in total. The van der Waals surface area contributed by atoms with Crippen LogP contribution in [-0.4, -0.2) is 77.6 Å². The van der Waals surface area contributed by atoms with Crippen molar-refractivity contribution in [2.24, 2.45) is 10.9 Å². The minimum Gasteiger partial charge on any atom is -0.497 e. The molecule has 0 radical (unpaired) electrons. The normalized spacial score (nSPS) is 18.3. The summed E-state index contributed by atoms with van der Waals surface area (Å²) in [4.78, 5) is 50.3. The molecule has 1 saturated heterocycles.